The molecule has 0 saturated carbocycles. The lowest BCUT2D eigenvalue weighted by atomic mass is 9.83. The van der Waals surface area contributed by atoms with Crippen LogP contribution in [0.3, 0.4) is 0 Å². The van der Waals surface area contributed by atoms with Crippen LogP contribution in [0.1, 0.15) is 62.4 Å². The maximum absolute atomic E-state index is 11.7. The van der Waals surface area contributed by atoms with Gasteiger partial charge in [-0.15, -0.1) is 0 Å². The molecule has 1 aromatic carbocycles. The Hall–Kier alpha value is -1.39. The van der Waals surface area contributed by atoms with E-state index in [-0.39, 0.29) is 11.1 Å². The van der Waals surface area contributed by atoms with E-state index in [9.17, 15) is 9.90 Å². The van der Waals surface area contributed by atoms with E-state index < -0.39 is 5.97 Å². The molecule has 2 saturated heterocycles. The van der Waals surface area contributed by atoms with Crippen LogP contribution in [0.15, 0.2) is 24.3 Å². The molecule has 4 nitrogen and oxygen atoms in total. The molecule has 1 aromatic rings. The summed E-state index contributed by atoms with van der Waals surface area (Å²) < 4.78 is 6.02. The van der Waals surface area contributed by atoms with E-state index in [0.29, 0.717) is 11.6 Å². The number of aromatic carboxylic acids is 1. The van der Waals surface area contributed by atoms with Crippen LogP contribution in [0.2, 0.25) is 0 Å². The first-order valence-electron chi connectivity index (χ1n) is 8.57. The number of ether oxygens (including phenoxy) is 1. The quantitative estimate of drug-likeness (QED) is 0.921. The van der Waals surface area contributed by atoms with Gasteiger partial charge in [0, 0.05) is 11.6 Å². The first-order chi connectivity index (χ1) is 10.8. The fourth-order valence-electron chi connectivity index (χ4n) is 4.28. The predicted molar refractivity (Wildman–Crippen MR) is 89.7 cm³/mol. The summed E-state index contributed by atoms with van der Waals surface area (Å²) in [7, 11) is 0. The zero-order valence-corrected chi connectivity index (χ0v) is 14.3. The highest BCUT2D eigenvalue weighted by molar-refractivity contribution is 5.89. The van der Waals surface area contributed by atoms with Crippen molar-refractivity contribution in [1.82, 2.24) is 4.90 Å². The summed E-state index contributed by atoms with van der Waals surface area (Å²) in [4.78, 5) is 14.2. The van der Waals surface area contributed by atoms with E-state index in [0.717, 1.165) is 44.4 Å². The van der Waals surface area contributed by atoms with Crippen LogP contribution < -0.4 is 0 Å². The second kappa shape index (κ2) is 5.91. The Morgan fingerprint density at radius 3 is 2.78 bits per heavy atom. The van der Waals surface area contributed by atoms with Crippen molar-refractivity contribution in [2.75, 3.05) is 13.2 Å². The molecular weight excluding hydrogens is 290 g/mol. The van der Waals surface area contributed by atoms with Gasteiger partial charge in [0.1, 0.15) is 0 Å². The number of benzene rings is 1. The van der Waals surface area contributed by atoms with Crippen molar-refractivity contribution < 1.29 is 14.6 Å². The molecule has 3 rings (SSSR count). The SMILES string of the molecule is CC(C)(C)OC[C@@H]1CC[C@]2(c3ccccc3C(=O)O)CCCN12. The third kappa shape index (κ3) is 3.02. The van der Waals surface area contributed by atoms with Crippen LogP contribution >= 0.6 is 0 Å². The molecule has 0 aromatic heterocycles. The van der Waals surface area contributed by atoms with Gasteiger partial charge in [-0.2, -0.15) is 0 Å². The van der Waals surface area contributed by atoms with Crippen molar-refractivity contribution in [3.05, 3.63) is 35.4 Å². The average molecular weight is 317 g/mol. The molecule has 2 fully saturated rings. The van der Waals surface area contributed by atoms with Crippen molar-refractivity contribution >= 4 is 5.97 Å². The fourth-order valence-corrected chi connectivity index (χ4v) is 4.28. The Morgan fingerprint density at radius 2 is 2.09 bits per heavy atom. The highest BCUT2D eigenvalue weighted by Gasteiger charge is 2.51. The van der Waals surface area contributed by atoms with Crippen LogP contribution in [0, 0.1) is 0 Å². The van der Waals surface area contributed by atoms with Crippen molar-refractivity contribution in [2.45, 2.75) is 63.6 Å². The normalized spacial score (nSPS) is 28.0. The zero-order chi connectivity index (χ0) is 16.7. The van der Waals surface area contributed by atoms with E-state index in [1.807, 2.05) is 18.2 Å². The monoisotopic (exact) mass is 317 g/mol. The third-order valence-electron chi connectivity index (χ3n) is 5.24. The molecule has 2 aliphatic heterocycles. The number of fused-ring (bicyclic) bond motifs is 1. The summed E-state index contributed by atoms with van der Waals surface area (Å²) in [6.45, 7) is 8.00. The molecule has 0 bridgehead atoms. The molecule has 2 heterocycles. The topological polar surface area (TPSA) is 49.8 Å². The molecule has 0 aliphatic carbocycles. The molecule has 126 valence electrons. The predicted octanol–water partition coefficient (Wildman–Crippen LogP) is 3.65. The molecule has 0 amide bonds. The van der Waals surface area contributed by atoms with E-state index in [2.05, 4.69) is 25.7 Å². The average Bonchev–Trinajstić information content (AvgIpc) is 3.04. The number of carboxylic acid groups (broad SMARTS) is 1. The van der Waals surface area contributed by atoms with Crippen LogP contribution in [-0.2, 0) is 10.3 Å². The van der Waals surface area contributed by atoms with Gasteiger partial charge in [-0.05, 0) is 64.6 Å². The number of rotatable bonds is 4. The zero-order valence-electron chi connectivity index (χ0n) is 14.3. The highest BCUT2D eigenvalue weighted by Crippen LogP contribution is 2.50. The highest BCUT2D eigenvalue weighted by atomic mass is 16.5. The minimum Gasteiger partial charge on any atom is -0.478 e. The van der Waals surface area contributed by atoms with Gasteiger partial charge in [0.2, 0.25) is 0 Å². The second-order valence-corrected chi connectivity index (χ2v) is 7.80. The van der Waals surface area contributed by atoms with Crippen molar-refractivity contribution in [1.29, 1.82) is 0 Å². The van der Waals surface area contributed by atoms with Crippen LogP contribution in [0.25, 0.3) is 0 Å². The third-order valence-corrected chi connectivity index (χ3v) is 5.24. The maximum Gasteiger partial charge on any atom is 0.336 e. The number of nitrogens with zero attached hydrogens (tertiary/aromatic N) is 1. The second-order valence-electron chi connectivity index (χ2n) is 7.80. The Bertz CT molecular complexity index is 593. The minimum absolute atomic E-state index is 0.110. The van der Waals surface area contributed by atoms with Crippen molar-refractivity contribution in [2.24, 2.45) is 0 Å². The molecule has 0 radical (unpaired) electrons. The summed E-state index contributed by atoms with van der Waals surface area (Å²) >= 11 is 0. The summed E-state index contributed by atoms with van der Waals surface area (Å²) in [5.41, 5.74) is 1.20. The molecule has 2 aliphatic rings. The Morgan fingerprint density at radius 1 is 1.35 bits per heavy atom. The molecule has 23 heavy (non-hydrogen) atoms. The first-order valence-corrected chi connectivity index (χ1v) is 8.57. The summed E-state index contributed by atoms with van der Waals surface area (Å²) in [5.74, 6) is -0.823. The van der Waals surface area contributed by atoms with Crippen molar-refractivity contribution in [3.8, 4) is 0 Å². The minimum atomic E-state index is -0.823. The Balaban J connectivity index is 1.89. The lowest BCUT2D eigenvalue weighted by molar-refractivity contribution is -0.0348. The van der Waals surface area contributed by atoms with Gasteiger partial charge in [-0.3, -0.25) is 4.90 Å². The van der Waals surface area contributed by atoms with E-state index in [1.54, 1.807) is 6.07 Å². The molecule has 1 N–H and O–H groups in total. The van der Waals surface area contributed by atoms with Gasteiger partial charge in [-0.1, -0.05) is 18.2 Å². The first kappa shape index (κ1) is 16.5. The van der Waals surface area contributed by atoms with E-state index in [4.69, 9.17) is 4.74 Å². The van der Waals surface area contributed by atoms with Crippen LogP contribution in [0.4, 0.5) is 0 Å². The Labute approximate surface area is 138 Å². The molecule has 4 heteroatoms. The summed E-state index contributed by atoms with van der Waals surface area (Å²) in [6, 6.07) is 7.92. The van der Waals surface area contributed by atoms with Gasteiger partial charge in [0.05, 0.1) is 17.8 Å². The molecular formula is C19H27NO3. The number of hydrogen-bond donors (Lipinski definition) is 1. The maximum atomic E-state index is 11.7. The van der Waals surface area contributed by atoms with Gasteiger partial charge >= 0.3 is 5.97 Å². The molecule has 0 spiro atoms. The van der Waals surface area contributed by atoms with Crippen molar-refractivity contribution in [3.63, 3.8) is 0 Å². The van der Waals surface area contributed by atoms with Gasteiger partial charge in [0.15, 0.2) is 0 Å². The van der Waals surface area contributed by atoms with Gasteiger partial charge in [0.25, 0.3) is 0 Å². The van der Waals surface area contributed by atoms with Gasteiger partial charge in [-0.25, -0.2) is 4.79 Å². The smallest absolute Gasteiger partial charge is 0.336 e. The van der Waals surface area contributed by atoms with Crippen LogP contribution in [-0.4, -0.2) is 40.8 Å². The lowest BCUT2D eigenvalue weighted by Gasteiger charge is -2.37. The van der Waals surface area contributed by atoms with Gasteiger partial charge < -0.3 is 9.84 Å². The number of carboxylic acids is 1. The molecule has 0 unspecified atom stereocenters. The molecule has 2 atom stereocenters. The summed E-state index contributed by atoms with van der Waals surface area (Å²) in [6.07, 6.45) is 4.27. The van der Waals surface area contributed by atoms with Crippen LogP contribution in [0.5, 0.6) is 0 Å². The Kier molecular flexibility index (Phi) is 4.23. The lowest BCUT2D eigenvalue weighted by Crippen LogP contribution is -2.43. The fraction of sp³-hybridized carbons (Fsp3) is 0.632. The summed E-state index contributed by atoms with van der Waals surface area (Å²) in [5, 5.41) is 9.58. The van der Waals surface area contributed by atoms with E-state index in [1.165, 1.54) is 0 Å². The number of carbonyl (C=O) groups is 1. The number of hydrogen-bond acceptors (Lipinski definition) is 3. The standard InChI is InChI=1S/C19H27NO3/c1-18(2,3)23-13-14-9-11-19(10-6-12-20(14)19)16-8-5-4-7-15(16)17(21)22/h4-5,7-8,14H,6,9-13H2,1-3H3,(H,21,22)/t14-,19-/m0/s1. The van der Waals surface area contributed by atoms with E-state index >= 15 is 0 Å². The largest absolute Gasteiger partial charge is 0.478 e.